The van der Waals surface area contributed by atoms with Crippen molar-refractivity contribution in [3.05, 3.63) is 36.4 Å². The van der Waals surface area contributed by atoms with E-state index in [4.69, 9.17) is 0 Å². The van der Waals surface area contributed by atoms with Crippen molar-refractivity contribution in [3.63, 3.8) is 0 Å². The summed E-state index contributed by atoms with van der Waals surface area (Å²) in [4.78, 5) is 0. The predicted molar refractivity (Wildman–Crippen MR) is 66.7 cm³/mol. The Labute approximate surface area is 96.2 Å². The van der Waals surface area contributed by atoms with Gasteiger partial charge in [-0.25, -0.2) is 8.42 Å². The van der Waals surface area contributed by atoms with Gasteiger partial charge in [-0.3, -0.25) is 4.72 Å². The van der Waals surface area contributed by atoms with Crippen molar-refractivity contribution in [2.24, 2.45) is 0 Å². The summed E-state index contributed by atoms with van der Waals surface area (Å²) < 4.78 is 25.9. The zero-order valence-corrected chi connectivity index (χ0v) is 10.0. The van der Waals surface area contributed by atoms with Crippen LogP contribution in [-0.4, -0.2) is 13.7 Å². The highest BCUT2D eigenvalue weighted by Gasteiger charge is 2.35. The van der Waals surface area contributed by atoms with Crippen molar-refractivity contribution in [2.45, 2.75) is 25.0 Å². The maximum Gasteiger partial charge on any atom is 0.235 e. The fourth-order valence-electron chi connectivity index (χ4n) is 1.45. The molecule has 0 spiro atoms. The first kappa shape index (κ1) is 11.2. The Hall–Kier alpha value is -1.29. The third-order valence-electron chi connectivity index (χ3n) is 2.60. The molecule has 0 saturated heterocycles. The van der Waals surface area contributed by atoms with E-state index < -0.39 is 10.0 Å². The van der Waals surface area contributed by atoms with Gasteiger partial charge >= 0.3 is 0 Å². The van der Waals surface area contributed by atoms with Gasteiger partial charge in [0.1, 0.15) is 0 Å². The van der Waals surface area contributed by atoms with Crippen LogP contribution in [0.25, 0.3) is 5.57 Å². The zero-order valence-electron chi connectivity index (χ0n) is 9.23. The Morgan fingerprint density at radius 3 is 2.31 bits per heavy atom. The third-order valence-corrected chi connectivity index (χ3v) is 4.47. The highest BCUT2D eigenvalue weighted by atomic mass is 32.2. The lowest BCUT2D eigenvalue weighted by atomic mass is 10.1. The molecular formula is C12H15NO2S. The lowest BCUT2D eigenvalue weighted by Crippen LogP contribution is -2.17. The van der Waals surface area contributed by atoms with E-state index in [1.54, 1.807) is 12.1 Å². The Morgan fingerprint density at radius 1 is 1.31 bits per heavy atom. The van der Waals surface area contributed by atoms with E-state index in [1.807, 2.05) is 19.1 Å². The van der Waals surface area contributed by atoms with Crippen LogP contribution in [0.3, 0.4) is 0 Å². The molecule has 16 heavy (non-hydrogen) atoms. The molecule has 1 aliphatic rings. The van der Waals surface area contributed by atoms with Crippen LogP contribution in [0.4, 0.5) is 5.69 Å². The number of anilines is 1. The van der Waals surface area contributed by atoms with Crippen LogP contribution in [0.2, 0.25) is 0 Å². The van der Waals surface area contributed by atoms with E-state index in [0.29, 0.717) is 5.69 Å². The molecule has 4 heteroatoms. The first-order valence-corrected chi connectivity index (χ1v) is 6.81. The van der Waals surface area contributed by atoms with Gasteiger partial charge < -0.3 is 0 Å². The lowest BCUT2D eigenvalue weighted by Gasteiger charge is -2.07. The Bertz CT molecular complexity index is 498. The van der Waals surface area contributed by atoms with Gasteiger partial charge in [0.15, 0.2) is 0 Å². The van der Waals surface area contributed by atoms with Gasteiger partial charge in [-0.2, -0.15) is 0 Å². The number of nitrogens with one attached hydrogen (secondary N) is 1. The molecular weight excluding hydrogens is 222 g/mol. The average molecular weight is 237 g/mol. The predicted octanol–water partition coefficient (Wildman–Crippen LogP) is 2.62. The summed E-state index contributed by atoms with van der Waals surface area (Å²) in [5.74, 6) is 0. The Morgan fingerprint density at radius 2 is 1.88 bits per heavy atom. The van der Waals surface area contributed by atoms with Crippen LogP contribution >= 0.6 is 0 Å². The molecule has 1 aromatic carbocycles. The van der Waals surface area contributed by atoms with Gasteiger partial charge in [-0.05, 0) is 37.5 Å². The second-order valence-electron chi connectivity index (χ2n) is 4.20. The fourth-order valence-corrected chi connectivity index (χ4v) is 2.84. The average Bonchev–Trinajstić information content (AvgIpc) is 3.01. The largest absolute Gasteiger partial charge is 0.283 e. The highest BCUT2D eigenvalue weighted by Crippen LogP contribution is 2.29. The van der Waals surface area contributed by atoms with Gasteiger partial charge in [-0.1, -0.05) is 24.3 Å². The summed E-state index contributed by atoms with van der Waals surface area (Å²) in [6.45, 7) is 5.75. The van der Waals surface area contributed by atoms with Crippen LogP contribution in [0, 0.1) is 0 Å². The molecule has 2 rings (SSSR count). The molecule has 0 radical (unpaired) electrons. The van der Waals surface area contributed by atoms with E-state index in [1.165, 1.54) is 0 Å². The summed E-state index contributed by atoms with van der Waals surface area (Å²) in [6, 6.07) is 7.27. The van der Waals surface area contributed by atoms with Crippen molar-refractivity contribution in [1.82, 2.24) is 0 Å². The molecule has 1 N–H and O–H groups in total. The van der Waals surface area contributed by atoms with Crippen LogP contribution in [0.15, 0.2) is 30.8 Å². The normalized spacial score (nSPS) is 15.8. The molecule has 0 amide bonds. The Kier molecular flexibility index (Phi) is 2.76. The minimum Gasteiger partial charge on any atom is -0.283 e. The van der Waals surface area contributed by atoms with E-state index in [-0.39, 0.29) is 5.25 Å². The minimum atomic E-state index is -3.15. The maximum atomic E-state index is 11.7. The molecule has 1 saturated carbocycles. The standard InChI is InChI=1S/C12H15NO2S/c1-9(2)10-3-5-11(6-4-10)13-16(14,15)12-7-8-12/h3-6,12-13H,1,7-8H2,2H3. The van der Waals surface area contributed by atoms with Gasteiger partial charge in [0.05, 0.1) is 5.25 Å². The molecule has 0 aromatic heterocycles. The van der Waals surface area contributed by atoms with Gasteiger partial charge in [-0.15, -0.1) is 0 Å². The van der Waals surface area contributed by atoms with Gasteiger partial charge in [0.25, 0.3) is 0 Å². The minimum absolute atomic E-state index is 0.187. The van der Waals surface area contributed by atoms with Crippen molar-refractivity contribution >= 4 is 21.3 Å². The zero-order chi connectivity index (χ0) is 11.8. The number of sulfonamides is 1. The quantitative estimate of drug-likeness (QED) is 0.875. The van der Waals surface area contributed by atoms with Gasteiger partial charge in [0, 0.05) is 5.69 Å². The van der Waals surface area contributed by atoms with Crippen molar-refractivity contribution in [2.75, 3.05) is 4.72 Å². The summed E-state index contributed by atoms with van der Waals surface area (Å²) in [5.41, 5.74) is 2.61. The van der Waals surface area contributed by atoms with Crippen LogP contribution in [0.1, 0.15) is 25.3 Å². The second kappa shape index (κ2) is 3.94. The van der Waals surface area contributed by atoms with Crippen molar-refractivity contribution < 1.29 is 8.42 Å². The molecule has 86 valence electrons. The molecule has 3 nitrogen and oxygen atoms in total. The molecule has 0 bridgehead atoms. The van der Waals surface area contributed by atoms with Gasteiger partial charge in [0.2, 0.25) is 10.0 Å². The summed E-state index contributed by atoms with van der Waals surface area (Å²) in [6.07, 6.45) is 1.55. The van der Waals surface area contributed by atoms with Crippen LogP contribution < -0.4 is 4.72 Å². The molecule has 0 atom stereocenters. The molecule has 1 aromatic rings. The monoisotopic (exact) mass is 237 g/mol. The lowest BCUT2D eigenvalue weighted by molar-refractivity contribution is 0.600. The smallest absolute Gasteiger partial charge is 0.235 e. The summed E-state index contributed by atoms with van der Waals surface area (Å²) in [5, 5.41) is -0.187. The number of hydrogen-bond acceptors (Lipinski definition) is 2. The Balaban J connectivity index is 2.13. The first-order valence-electron chi connectivity index (χ1n) is 5.26. The summed E-state index contributed by atoms with van der Waals surface area (Å²) >= 11 is 0. The van der Waals surface area contributed by atoms with Crippen LogP contribution in [-0.2, 0) is 10.0 Å². The number of allylic oxidation sites excluding steroid dienone is 1. The molecule has 1 fully saturated rings. The SMILES string of the molecule is C=C(C)c1ccc(NS(=O)(=O)C2CC2)cc1. The van der Waals surface area contributed by atoms with E-state index in [0.717, 1.165) is 24.0 Å². The molecule has 0 unspecified atom stereocenters. The highest BCUT2D eigenvalue weighted by molar-refractivity contribution is 7.93. The number of benzene rings is 1. The van der Waals surface area contributed by atoms with Crippen molar-refractivity contribution in [3.8, 4) is 0 Å². The van der Waals surface area contributed by atoms with Crippen molar-refractivity contribution in [1.29, 1.82) is 0 Å². The van der Waals surface area contributed by atoms with E-state index >= 15 is 0 Å². The van der Waals surface area contributed by atoms with Crippen LogP contribution in [0.5, 0.6) is 0 Å². The first-order chi connectivity index (χ1) is 7.49. The maximum absolute atomic E-state index is 11.7. The van der Waals surface area contributed by atoms with E-state index in [9.17, 15) is 8.42 Å². The number of rotatable bonds is 4. The second-order valence-corrected chi connectivity index (χ2v) is 6.16. The topological polar surface area (TPSA) is 46.2 Å². The molecule has 0 heterocycles. The molecule has 0 aliphatic heterocycles. The number of hydrogen-bond donors (Lipinski definition) is 1. The fraction of sp³-hybridized carbons (Fsp3) is 0.333. The third kappa shape index (κ3) is 2.44. The summed E-state index contributed by atoms with van der Waals surface area (Å²) in [7, 11) is -3.15. The molecule has 1 aliphatic carbocycles. The van der Waals surface area contributed by atoms with E-state index in [2.05, 4.69) is 11.3 Å².